The number of nitrogen functional groups attached to an aromatic ring is 1. The number of nitrogens with zero attached hydrogens (tertiary/aromatic N) is 2. The Bertz CT molecular complexity index is 871. The van der Waals surface area contributed by atoms with Crippen molar-refractivity contribution in [1.29, 1.82) is 0 Å². The van der Waals surface area contributed by atoms with Crippen molar-refractivity contribution in [2.24, 2.45) is 0 Å². The Kier molecular flexibility index (Phi) is 3.01. The van der Waals surface area contributed by atoms with Gasteiger partial charge in [-0.3, -0.25) is 24.3 Å². The lowest BCUT2D eigenvalue weighted by molar-refractivity contribution is -0.140. The van der Waals surface area contributed by atoms with Crippen molar-refractivity contribution in [2.75, 3.05) is 5.73 Å². The fraction of sp³-hybridized carbons (Fsp3) is 0.333. The van der Waals surface area contributed by atoms with Crippen LogP contribution < -0.4 is 16.6 Å². The van der Waals surface area contributed by atoms with E-state index in [9.17, 15) is 14.4 Å². The highest BCUT2D eigenvalue weighted by Crippen LogP contribution is 2.27. The number of carbonyl (C=O) groups excluding carboxylic acids is 2. The van der Waals surface area contributed by atoms with Crippen molar-refractivity contribution in [1.82, 2.24) is 14.9 Å². The highest BCUT2D eigenvalue weighted by atomic mass is 16.2. The Morgan fingerprint density at radius 3 is 2.73 bits per heavy atom. The molecule has 114 valence electrons. The zero-order chi connectivity index (χ0) is 16.1. The summed E-state index contributed by atoms with van der Waals surface area (Å²) in [4.78, 5) is 40.9. The van der Waals surface area contributed by atoms with Crippen LogP contribution in [0.25, 0.3) is 10.9 Å². The van der Waals surface area contributed by atoms with Gasteiger partial charge in [-0.05, 0) is 32.4 Å². The normalized spacial score (nSPS) is 21.9. The summed E-state index contributed by atoms with van der Waals surface area (Å²) in [5.41, 5.74) is 5.19. The molecule has 0 bridgehead atoms. The summed E-state index contributed by atoms with van der Waals surface area (Å²) in [6.07, 6.45) is 0.425. The molecular formula is C15H16N4O3. The first kappa shape index (κ1) is 14.2. The quantitative estimate of drug-likeness (QED) is 0.587. The van der Waals surface area contributed by atoms with Crippen LogP contribution in [0.3, 0.4) is 0 Å². The first-order chi connectivity index (χ1) is 10.3. The Labute approximate surface area is 126 Å². The minimum atomic E-state index is -1.15. The molecule has 0 aliphatic carbocycles. The number of imide groups is 1. The fourth-order valence-corrected chi connectivity index (χ4v) is 2.96. The number of benzene rings is 1. The summed E-state index contributed by atoms with van der Waals surface area (Å²) in [5, 5.41) is 2.58. The third-order valence-electron chi connectivity index (χ3n) is 4.17. The number of carbonyl (C=O) groups is 2. The lowest BCUT2D eigenvalue weighted by atomic mass is 9.90. The monoisotopic (exact) mass is 300 g/mol. The number of piperidine rings is 1. The van der Waals surface area contributed by atoms with Crippen LogP contribution in [0.1, 0.15) is 25.6 Å². The Morgan fingerprint density at radius 1 is 1.32 bits per heavy atom. The molecule has 1 aliphatic rings. The number of nitrogens with one attached hydrogen (secondary N) is 1. The van der Waals surface area contributed by atoms with Gasteiger partial charge in [0.05, 0.1) is 10.9 Å². The molecule has 7 nitrogen and oxygen atoms in total. The molecule has 1 aromatic carbocycles. The molecule has 2 amide bonds. The van der Waals surface area contributed by atoms with Gasteiger partial charge in [-0.15, -0.1) is 0 Å². The molecule has 1 aromatic heterocycles. The maximum absolute atomic E-state index is 12.9. The van der Waals surface area contributed by atoms with Crippen LogP contribution in [0.5, 0.6) is 0 Å². The molecule has 2 aromatic rings. The molecular weight excluding hydrogens is 284 g/mol. The molecule has 3 N–H and O–H groups in total. The van der Waals surface area contributed by atoms with Crippen molar-refractivity contribution in [2.45, 2.75) is 32.2 Å². The number of amides is 2. The number of aromatic nitrogens is 2. The summed E-state index contributed by atoms with van der Waals surface area (Å²) in [5.74, 6) is -0.416. The van der Waals surface area contributed by atoms with Crippen molar-refractivity contribution in [3.8, 4) is 0 Å². The standard InChI is InChI=1S/C15H16N4O3/c1-8-17-10-5-3-4-9(16)12(10)13(21)19(8)15(2)7-6-11(20)18-14(15)22/h3-5H,6-7,16H2,1-2H3,(H,18,20,22)/t15-/m1/s1. The maximum Gasteiger partial charge on any atom is 0.264 e. The summed E-state index contributed by atoms with van der Waals surface area (Å²) in [6, 6.07) is 5.05. The third-order valence-corrected chi connectivity index (χ3v) is 4.17. The van der Waals surface area contributed by atoms with E-state index >= 15 is 0 Å². The minimum Gasteiger partial charge on any atom is -0.398 e. The van der Waals surface area contributed by atoms with Gasteiger partial charge in [0.2, 0.25) is 5.91 Å². The van der Waals surface area contributed by atoms with Crippen LogP contribution in [0, 0.1) is 6.92 Å². The van der Waals surface area contributed by atoms with Gasteiger partial charge in [0.1, 0.15) is 11.4 Å². The Hall–Kier alpha value is -2.70. The molecule has 0 radical (unpaired) electrons. The molecule has 0 spiro atoms. The van der Waals surface area contributed by atoms with Crippen LogP contribution in [0.4, 0.5) is 5.69 Å². The predicted molar refractivity (Wildman–Crippen MR) is 81.2 cm³/mol. The number of nitrogens with two attached hydrogens (primary N) is 1. The smallest absolute Gasteiger partial charge is 0.264 e. The van der Waals surface area contributed by atoms with Crippen LogP contribution in [0.15, 0.2) is 23.0 Å². The first-order valence-electron chi connectivity index (χ1n) is 6.97. The third kappa shape index (κ3) is 1.89. The van der Waals surface area contributed by atoms with Gasteiger partial charge >= 0.3 is 0 Å². The molecule has 1 atom stereocenters. The largest absolute Gasteiger partial charge is 0.398 e. The van der Waals surface area contributed by atoms with Gasteiger partial charge in [-0.1, -0.05) is 6.07 Å². The van der Waals surface area contributed by atoms with Gasteiger partial charge in [0.25, 0.3) is 11.5 Å². The number of fused-ring (bicyclic) bond motifs is 1. The van der Waals surface area contributed by atoms with Crippen LogP contribution in [0.2, 0.25) is 0 Å². The van der Waals surface area contributed by atoms with E-state index in [0.717, 1.165) is 0 Å². The van der Waals surface area contributed by atoms with Crippen molar-refractivity contribution < 1.29 is 9.59 Å². The molecule has 2 heterocycles. The molecule has 1 fully saturated rings. The molecule has 22 heavy (non-hydrogen) atoms. The van der Waals surface area contributed by atoms with E-state index in [4.69, 9.17) is 5.73 Å². The van der Waals surface area contributed by atoms with E-state index in [1.165, 1.54) is 4.57 Å². The molecule has 3 rings (SSSR count). The molecule has 1 aliphatic heterocycles. The summed E-state index contributed by atoms with van der Waals surface area (Å²) >= 11 is 0. The second-order valence-electron chi connectivity index (χ2n) is 5.69. The van der Waals surface area contributed by atoms with E-state index < -0.39 is 11.4 Å². The topological polar surface area (TPSA) is 107 Å². The highest BCUT2D eigenvalue weighted by Gasteiger charge is 2.42. The van der Waals surface area contributed by atoms with Gasteiger partial charge in [0.15, 0.2) is 0 Å². The molecule has 7 heteroatoms. The van der Waals surface area contributed by atoms with E-state index in [0.29, 0.717) is 22.4 Å². The molecule has 1 saturated heterocycles. The Balaban J connectivity index is 2.32. The van der Waals surface area contributed by atoms with Gasteiger partial charge in [0, 0.05) is 12.1 Å². The second-order valence-corrected chi connectivity index (χ2v) is 5.69. The van der Waals surface area contributed by atoms with Crippen molar-refractivity contribution in [3.05, 3.63) is 34.4 Å². The number of hydrogen-bond acceptors (Lipinski definition) is 5. The number of rotatable bonds is 1. The van der Waals surface area contributed by atoms with Crippen LogP contribution in [-0.4, -0.2) is 21.4 Å². The van der Waals surface area contributed by atoms with E-state index in [2.05, 4.69) is 10.3 Å². The number of anilines is 1. The number of hydrogen-bond donors (Lipinski definition) is 2. The SMILES string of the molecule is Cc1nc2cccc(N)c2c(=O)n1[C@]1(C)CCC(=O)NC1=O. The predicted octanol–water partition coefficient (Wildman–Crippen LogP) is 0.439. The first-order valence-corrected chi connectivity index (χ1v) is 6.97. The van der Waals surface area contributed by atoms with Crippen LogP contribution in [-0.2, 0) is 15.1 Å². The maximum atomic E-state index is 12.9. The summed E-state index contributed by atoms with van der Waals surface area (Å²) in [6.45, 7) is 3.30. The second kappa shape index (κ2) is 4.66. The molecule has 0 unspecified atom stereocenters. The van der Waals surface area contributed by atoms with E-state index in [-0.39, 0.29) is 24.3 Å². The fourth-order valence-electron chi connectivity index (χ4n) is 2.96. The van der Waals surface area contributed by atoms with Crippen LogP contribution >= 0.6 is 0 Å². The lowest BCUT2D eigenvalue weighted by Gasteiger charge is -2.34. The number of aryl methyl sites for hydroxylation is 1. The average molecular weight is 300 g/mol. The van der Waals surface area contributed by atoms with Gasteiger partial charge < -0.3 is 5.73 Å². The van der Waals surface area contributed by atoms with E-state index in [1.54, 1.807) is 32.0 Å². The van der Waals surface area contributed by atoms with E-state index in [1.807, 2.05) is 0 Å². The zero-order valence-electron chi connectivity index (χ0n) is 12.3. The minimum absolute atomic E-state index is 0.177. The summed E-state index contributed by atoms with van der Waals surface area (Å²) in [7, 11) is 0. The highest BCUT2D eigenvalue weighted by molar-refractivity contribution is 6.01. The zero-order valence-corrected chi connectivity index (χ0v) is 12.3. The average Bonchev–Trinajstić information content (AvgIpc) is 2.43. The molecule has 0 saturated carbocycles. The van der Waals surface area contributed by atoms with Gasteiger partial charge in [-0.2, -0.15) is 0 Å². The summed E-state index contributed by atoms with van der Waals surface area (Å²) < 4.78 is 1.34. The van der Waals surface area contributed by atoms with Crippen molar-refractivity contribution in [3.63, 3.8) is 0 Å². The van der Waals surface area contributed by atoms with Gasteiger partial charge in [-0.25, -0.2) is 4.98 Å². The Morgan fingerprint density at radius 2 is 2.05 bits per heavy atom. The van der Waals surface area contributed by atoms with Crippen molar-refractivity contribution >= 4 is 28.4 Å². The lowest BCUT2D eigenvalue weighted by Crippen LogP contribution is -2.56.